The third-order valence-electron chi connectivity index (χ3n) is 4.81. The van der Waals surface area contributed by atoms with Gasteiger partial charge < -0.3 is 19.7 Å². The Labute approximate surface area is 186 Å². The standard InChI is InChI=1S/C25H24FN3O3/c1-17(25(30)29(2)16-19-5-4-6-20(26)13-19)28-21-8-10-22(11-9-21)32-23-12-7-18(15-27)14-24(23)31-3/h4-14,17,28H,16H2,1-3H3. The Hall–Kier alpha value is -4.05. The van der Waals surface area contributed by atoms with Crippen LogP contribution >= 0.6 is 0 Å². The van der Waals surface area contributed by atoms with Crippen molar-refractivity contribution in [2.75, 3.05) is 19.5 Å². The number of hydrogen-bond acceptors (Lipinski definition) is 5. The van der Waals surface area contributed by atoms with Crippen LogP contribution in [0.1, 0.15) is 18.1 Å². The minimum absolute atomic E-state index is 0.114. The highest BCUT2D eigenvalue weighted by Gasteiger charge is 2.18. The van der Waals surface area contributed by atoms with Gasteiger partial charge in [-0.1, -0.05) is 12.1 Å². The van der Waals surface area contributed by atoms with E-state index in [1.807, 2.05) is 12.1 Å². The van der Waals surface area contributed by atoms with Gasteiger partial charge in [-0.3, -0.25) is 4.79 Å². The molecule has 3 rings (SSSR count). The van der Waals surface area contributed by atoms with E-state index < -0.39 is 6.04 Å². The molecule has 0 radical (unpaired) electrons. The Morgan fingerprint density at radius 2 is 1.88 bits per heavy atom. The average molecular weight is 433 g/mol. The summed E-state index contributed by atoms with van der Waals surface area (Å²) in [6.07, 6.45) is 0. The van der Waals surface area contributed by atoms with Crippen molar-refractivity contribution in [1.82, 2.24) is 4.90 Å². The van der Waals surface area contributed by atoms with Gasteiger partial charge in [0.15, 0.2) is 11.5 Å². The number of rotatable bonds is 8. The van der Waals surface area contributed by atoms with E-state index in [1.165, 1.54) is 19.2 Å². The quantitative estimate of drug-likeness (QED) is 0.544. The van der Waals surface area contributed by atoms with Crippen LogP contribution in [0.4, 0.5) is 10.1 Å². The fourth-order valence-corrected chi connectivity index (χ4v) is 3.20. The predicted molar refractivity (Wildman–Crippen MR) is 120 cm³/mol. The second kappa shape index (κ2) is 10.3. The zero-order valence-electron chi connectivity index (χ0n) is 18.1. The number of carbonyl (C=O) groups excluding carboxylic acids is 1. The second-order valence-corrected chi connectivity index (χ2v) is 7.29. The monoisotopic (exact) mass is 433 g/mol. The van der Waals surface area contributed by atoms with Crippen LogP contribution in [-0.2, 0) is 11.3 Å². The number of carbonyl (C=O) groups is 1. The zero-order chi connectivity index (χ0) is 23.1. The third-order valence-corrected chi connectivity index (χ3v) is 4.81. The predicted octanol–water partition coefficient (Wildman–Crippen LogP) is 4.96. The molecule has 0 bridgehead atoms. The molecule has 3 aromatic carbocycles. The second-order valence-electron chi connectivity index (χ2n) is 7.29. The molecule has 0 saturated carbocycles. The highest BCUT2D eigenvalue weighted by molar-refractivity contribution is 5.84. The lowest BCUT2D eigenvalue weighted by Crippen LogP contribution is -2.38. The Kier molecular flexibility index (Phi) is 7.29. The van der Waals surface area contributed by atoms with Crippen LogP contribution in [-0.4, -0.2) is 31.0 Å². The Balaban J connectivity index is 1.60. The van der Waals surface area contributed by atoms with Crippen LogP contribution in [0.25, 0.3) is 0 Å². The highest BCUT2D eigenvalue weighted by Crippen LogP contribution is 2.32. The molecule has 1 atom stereocenters. The van der Waals surface area contributed by atoms with Gasteiger partial charge in [-0.05, 0) is 61.0 Å². The van der Waals surface area contributed by atoms with Gasteiger partial charge in [0.05, 0.1) is 18.7 Å². The molecule has 7 heteroatoms. The van der Waals surface area contributed by atoms with Gasteiger partial charge in [-0.2, -0.15) is 5.26 Å². The molecule has 0 spiro atoms. The largest absolute Gasteiger partial charge is 0.493 e. The first kappa shape index (κ1) is 22.6. The number of ether oxygens (including phenoxy) is 2. The van der Waals surface area contributed by atoms with Gasteiger partial charge in [-0.15, -0.1) is 0 Å². The lowest BCUT2D eigenvalue weighted by atomic mass is 10.2. The summed E-state index contributed by atoms with van der Waals surface area (Å²) in [6.45, 7) is 2.10. The van der Waals surface area contributed by atoms with Crippen molar-refractivity contribution in [1.29, 1.82) is 5.26 Å². The van der Waals surface area contributed by atoms with E-state index in [4.69, 9.17) is 14.7 Å². The van der Waals surface area contributed by atoms with Crippen LogP contribution < -0.4 is 14.8 Å². The van der Waals surface area contributed by atoms with Crippen LogP contribution in [0.3, 0.4) is 0 Å². The first-order valence-corrected chi connectivity index (χ1v) is 10.0. The van der Waals surface area contributed by atoms with Crippen molar-refractivity contribution in [3.05, 3.63) is 83.7 Å². The van der Waals surface area contributed by atoms with Crippen molar-refractivity contribution >= 4 is 11.6 Å². The van der Waals surface area contributed by atoms with Gasteiger partial charge in [-0.25, -0.2) is 4.39 Å². The lowest BCUT2D eigenvalue weighted by molar-refractivity contribution is -0.130. The molecule has 0 fully saturated rings. The van der Waals surface area contributed by atoms with E-state index in [-0.39, 0.29) is 11.7 Å². The Morgan fingerprint density at radius 1 is 1.12 bits per heavy atom. The molecule has 0 aliphatic heterocycles. The van der Waals surface area contributed by atoms with Crippen molar-refractivity contribution < 1.29 is 18.7 Å². The minimum atomic E-state index is -0.473. The minimum Gasteiger partial charge on any atom is -0.493 e. The van der Waals surface area contributed by atoms with E-state index in [1.54, 1.807) is 61.3 Å². The molecule has 6 nitrogen and oxygen atoms in total. The number of nitriles is 1. The zero-order valence-corrected chi connectivity index (χ0v) is 18.1. The maximum absolute atomic E-state index is 13.4. The Morgan fingerprint density at radius 3 is 2.53 bits per heavy atom. The summed E-state index contributed by atoms with van der Waals surface area (Å²) in [7, 11) is 3.20. The van der Waals surface area contributed by atoms with Gasteiger partial charge in [0.2, 0.25) is 5.91 Å². The first-order chi connectivity index (χ1) is 15.4. The van der Waals surface area contributed by atoms with Crippen molar-refractivity contribution in [3.63, 3.8) is 0 Å². The Bertz CT molecular complexity index is 1130. The van der Waals surface area contributed by atoms with Gasteiger partial charge in [0.25, 0.3) is 0 Å². The first-order valence-electron chi connectivity index (χ1n) is 10.0. The molecule has 164 valence electrons. The van der Waals surface area contributed by atoms with E-state index in [0.29, 0.717) is 29.4 Å². The molecule has 1 N–H and O–H groups in total. The summed E-state index contributed by atoms with van der Waals surface area (Å²) in [5.74, 6) is 1.11. The summed E-state index contributed by atoms with van der Waals surface area (Å²) >= 11 is 0. The molecule has 1 unspecified atom stereocenters. The molecular weight excluding hydrogens is 409 g/mol. The van der Waals surface area contributed by atoms with Gasteiger partial charge >= 0.3 is 0 Å². The smallest absolute Gasteiger partial charge is 0.244 e. The number of benzene rings is 3. The van der Waals surface area contributed by atoms with Crippen molar-refractivity contribution in [2.45, 2.75) is 19.5 Å². The van der Waals surface area contributed by atoms with Gasteiger partial charge in [0, 0.05) is 25.3 Å². The normalized spacial score (nSPS) is 11.2. The maximum Gasteiger partial charge on any atom is 0.244 e. The van der Waals surface area contributed by atoms with Crippen LogP contribution in [0, 0.1) is 17.1 Å². The summed E-state index contributed by atoms with van der Waals surface area (Å²) in [4.78, 5) is 14.2. The summed E-state index contributed by atoms with van der Waals surface area (Å²) in [6, 6.07) is 19.9. The van der Waals surface area contributed by atoms with Crippen LogP contribution in [0.2, 0.25) is 0 Å². The van der Waals surface area contributed by atoms with E-state index in [2.05, 4.69) is 11.4 Å². The number of halogens is 1. The molecule has 0 saturated heterocycles. The highest BCUT2D eigenvalue weighted by atomic mass is 19.1. The molecule has 32 heavy (non-hydrogen) atoms. The van der Waals surface area contributed by atoms with Crippen molar-refractivity contribution in [2.24, 2.45) is 0 Å². The van der Waals surface area contributed by atoms with E-state index in [9.17, 15) is 9.18 Å². The van der Waals surface area contributed by atoms with Crippen LogP contribution in [0.15, 0.2) is 66.7 Å². The molecule has 0 aliphatic carbocycles. The van der Waals surface area contributed by atoms with E-state index >= 15 is 0 Å². The van der Waals surface area contributed by atoms with Crippen LogP contribution in [0.5, 0.6) is 17.2 Å². The number of methoxy groups -OCH3 is 1. The molecule has 1 amide bonds. The van der Waals surface area contributed by atoms with Crippen molar-refractivity contribution in [3.8, 4) is 23.3 Å². The fourth-order valence-electron chi connectivity index (χ4n) is 3.20. The maximum atomic E-state index is 13.4. The number of hydrogen-bond donors (Lipinski definition) is 1. The van der Waals surface area contributed by atoms with Gasteiger partial charge in [0.1, 0.15) is 17.6 Å². The third kappa shape index (κ3) is 5.76. The van der Waals surface area contributed by atoms with E-state index in [0.717, 1.165) is 11.3 Å². The summed E-state index contributed by atoms with van der Waals surface area (Å²) < 4.78 is 24.5. The molecule has 0 aliphatic rings. The topological polar surface area (TPSA) is 74.6 Å². The molecule has 0 aromatic heterocycles. The number of likely N-dealkylation sites (N-methyl/N-ethyl adjacent to an activating group) is 1. The summed E-state index contributed by atoms with van der Waals surface area (Å²) in [5, 5.41) is 12.2. The molecule has 0 heterocycles. The number of amides is 1. The number of anilines is 1. The number of nitrogens with one attached hydrogen (secondary N) is 1. The fraction of sp³-hybridized carbons (Fsp3) is 0.200. The molecule has 3 aromatic rings. The lowest BCUT2D eigenvalue weighted by Gasteiger charge is -2.23. The average Bonchev–Trinajstić information content (AvgIpc) is 2.80. The SMILES string of the molecule is COc1cc(C#N)ccc1Oc1ccc(NC(C)C(=O)N(C)Cc2cccc(F)c2)cc1. The molecular formula is C25H24FN3O3. The number of nitrogens with zero attached hydrogens (tertiary/aromatic N) is 2. The summed E-state index contributed by atoms with van der Waals surface area (Å²) in [5.41, 5.74) is 1.96.